The van der Waals surface area contributed by atoms with Crippen LogP contribution in [0, 0.1) is 11.8 Å². The number of rotatable bonds is 3. The van der Waals surface area contributed by atoms with Gasteiger partial charge >= 0.3 is 0 Å². The van der Waals surface area contributed by atoms with Crippen molar-refractivity contribution in [2.24, 2.45) is 0 Å². The number of hydrogen-bond donors (Lipinski definition) is 1. The first-order valence-corrected chi connectivity index (χ1v) is 7.10. The van der Waals surface area contributed by atoms with E-state index in [1.165, 1.54) is 11.8 Å². The standard InChI is InChI=1S/C17H13NO2S/c1-13(20)21-17-10-6-15(7-11-17)3-2-14-4-8-16(9-5-14)18-12-19/h4-12H,1H3,(H,18,19). The van der Waals surface area contributed by atoms with Crippen molar-refractivity contribution in [3.05, 3.63) is 59.7 Å². The van der Waals surface area contributed by atoms with Crippen LogP contribution < -0.4 is 5.32 Å². The number of thioether (sulfide) groups is 1. The second-order valence-electron chi connectivity index (χ2n) is 4.21. The summed E-state index contributed by atoms with van der Waals surface area (Å²) in [5, 5.41) is 2.64. The van der Waals surface area contributed by atoms with Crippen LogP contribution in [0.25, 0.3) is 0 Å². The van der Waals surface area contributed by atoms with Crippen molar-refractivity contribution in [1.29, 1.82) is 0 Å². The van der Waals surface area contributed by atoms with Crippen LogP contribution in [0.5, 0.6) is 0 Å². The van der Waals surface area contributed by atoms with Crippen LogP contribution in [0.15, 0.2) is 53.4 Å². The Morgan fingerprint density at radius 2 is 1.52 bits per heavy atom. The fourth-order valence-corrected chi connectivity index (χ4v) is 2.24. The summed E-state index contributed by atoms with van der Waals surface area (Å²) in [5.41, 5.74) is 2.49. The Hall–Kier alpha value is -2.51. The predicted molar refractivity (Wildman–Crippen MR) is 85.1 cm³/mol. The van der Waals surface area contributed by atoms with Gasteiger partial charge in [0.2, 0.25) is 6.41 Å². The zero-order chi connectivity index (χ0) is 15.1. The Labute approximate surface area is 127 Å². The minimum absolute atomic E-state index is 0.0675. The number of carbonyl (C=O) groups excluding carboxylic acids is 2. The molecule has 1 N–H and O–H groups in total. The van der Waals surface area contributed by atoms with E-state index in [9.17, 15) is 9.59 Å². The first-order valence-electron chi connectivity index (χ1n) is 6.28. The number of benzene rings is 2. The highest BCUT2D eigenvalue weighted by molar-refractivity contribution is 8.13. The molecule has 4 heteroatoms. The second kappa shape index (κ2) is 7.32. The summed E-state index contributed by atoms with van der Waals surface area (Å²) < 4.78 is 0. The lowest BCUT2D eigenvalue weighted by Gasteiger charge is -1.98. The first kappa shape index (κ1) is 14.9. The Morgan fingerprint density at radius 1 is 1.00 bits per heavy atom. The molecule has 0 aliphatic rings. The van der Waals surface area contributed by atoms with Crippen molar-refractivity contribution in [2.45, 2.75) is 11.8 Å². The minimum Gasteiger partial charge on any atom is -0.329 e. The van der Waals surface area contributed by atoms with Gasteiger partial charge in [0.15, 0.2) is 5.12 Å². The largest absolute Gasteiger partial charge is 0.329 e. The van der Waals surface area contributed by atoms with E-state index >= 15 is 0 Å². The number of carbonyl (C=O) groups is 2. The third kappa shape index (κ3) is 4.83. The topological polar surface area (TPSA) is 46.2 Å². The molecular weight excluding hydrogens is 282 g/mol. The summed E-state index contributed by atoms with van der Waals surface area (Å²) in [7, 11) is 0. The summed E-state index contributed by atoms with van der Waals surface area (Å²) in [5.74, 6) is 6.11. The molecule has 0 aromatic heterocycles. The molecule has 1 amide bonds. The second-order valence-corrected chi connectivity index (χ2v) is 5.46. The summed E-state index contributed by atoms with van der Waals surface area (Å²) in [6, 6.07) is 14.8. The van der Waals surface area contributed by atoms with Gasteiger partial charge in [0, 0.05) is 28.6 Å². The van der Waals surface area contributed by atoms with Crippen LogP contribution in [0.2, 0.25) is 0 Å². The fraction of sp³-hybridized carbons (Fsp3) is 0.0588. The average Bonchev–Trinajstić information content (AvgIpc) is 2.48. The van der Waals surface area contributed by atoms with Gasteiger partial charge < -0.3 is 5.32 Å². The van der Waals surface area contributed by atoms with Gasteiger partial charge in [-0.15, -0.1) is 0 Å². The zero-order valence-electron chi connectivity index (χ0n) is 11.4. The molecule has 0 heterocycles. The maximum absolute atomic E-state index is 11.0. The SMILES string of the molecule is CC(=O)Sc1ccc(C#Cc2ccc(NC=O)cc2)cc1. The van der Waals surface area contributed by atoms with Gasteiger partial charge in [-0.25, -0.2) is 0 Å². The first-order chi connectivity index (χ1) is 10.2. The highest BCUT2D eigenvalue weighted by Gasteiger charge is 1.97. The normalized spacial score (nSPS) is 9.38. The predicted octanol–water partition coefficient (Wildman–Crippen LogP) is 3.29. The van der Waals surface area contributed by atoms with Crippen molar-refractivity contribution in [3.8, 4) is 11.8 Å². The molecule has 3 nitrogen and oxygen atoms in total. The van der Waals surface area contributed by atoms with E-state index in [0.717, 1.165) is 21.7 Å². The number of anilines is 1. The molecule has 0 aliphatic carbocycles. The van der Waals surface area contributed by atoms with E-state index in [2.05, 4.69) is 17.2 Å². The molecule has 104 valence electrons. The molecule has 0 bridgehead atoms. The molecule has 2 rings (SSSR count). The van der Waals surface area contributed by atoms with Crippen molar-refractivity contribution in [3.63, 3.8) is 0 Å². The maximum Gasteiger partial charge on any atom is 0.211 e. The molecule has 2 aromatic rings. The minimum atomic E-state index is 0.0675. The summed E-state index contributed by atoms with van der Waals surface area (Å²) in [6.07, 6.45) is 0.640. The average molecular weight is 295 g/mol. The lowest BCUT2D eigenvalue weighted by molar-refractivity contribution is -0.109. The Balaban J connectivity index is 2.07. The Kier molecular flexibility index (Phi) is 5.19. The lowest BCUT2D eigenvalue weighted by atomic mass is 10.2. The van der Waals surface area contributed by atoms with Crippen molar-refractivity contribution >= 4 is 29.0 Å². The molecule has 0 fully saturated rings. The van der Waals surface area contributed by atoms with E-state index in [-0.39, 0.29) is 5.12 Å². The van der Waals surface area contributed by atoms with Crippen LogP contribution in [-0.2, 0) is 9.59 Å². The summed E-state index contributed by atoms with van der Waals surface area (Å²) in [6.45, 7) is 1.54. The molecule has 0 atom stereocenters. The molecule has 0 aliphatic heterocycles. The molecule has 2 aromatic carbocycles. The smallest absolute Gasteiger partial charge is 0.211 e. The number of nitrogens with one attached hydrogen (secondary N) is 1. The van der Waals surface area contributed by atoms with Gasteiger partial charge in [0.25, 0.3) is 0 Å². The van der Waals surface area contributed by atoms with Gasteiger partial charge in [-0.2, -0.15) is 0 Å². The van der Waals surface area contributed by atoms with Crippen LogP contribution in [0.1, 0.15) is 18.1 Å². The highest BCUT2D eigenvalue weighted by Crippen LogP contribution is 2.18. The van der Waals surface area contributed by atoms with Gasteiger partial charge in [-0.1, -0.05) is 23.6 Å². The lowest BCUT2D eigenvalue weighted by Crippen LogP contribution is -1.92. The van der Waals surface area contributed by atoms with Crippen LogP contribution in [-0.4, -0.2) is 11.5 Å². The highest BCUT2D eigenvalue weighted by atomic mass is 32.2. The zero-order valence-corrected chi connectivity index (χ0v) is 12.2. The van der Waals surface area contributed by atoms with E-state index < -0.39 is 0 Å². The van der Waals surface area contributed by atoms with Crippen molar-refractivity contribution in [2.75, 3.05) is 5.32 Å². The quantitative estimate of drug-likeness (QED) is 0.537. The molecular formula is C17H13NO2S. The fourth-order valence-electron chi connectivity index (χ4n) is 1.63. The maximum atomic E-state index is 11.0. The molecule has 0 saturated carbocycles. The molecule has 0 unspecified atom stereocenters. The number of hydrogen-bond acceptors (Lipinski definition) is 3. The van der Waals surface area contributed by atoms with Crippen LogP contribution in [0.4, 0.5) is 5.69 Å². The van der Waals surface area contributed by atoms with Gasteiger partial charge in [0.05, 0.1) is 0 Å². The van der Waals surface area contributed by atoms with Crippen molar-refractivity contribution < 1.29 is 9.59 Å². The van der Waals surface area contributed by atoms with Crippen LogP contribution in [0.3, 0.4) is 0 Å². The van der Waals surface area contributed by atoms with Gasteiger partial charge in [0.1, 0.15) is 0 Å². The van der Waals surface area contributed by atoms with Gasteiger partial charge in [-0.3, -0.25) is 9.59 Å². The third-order valence-corrected chi connectivity index (χ3v) is 3.37. The van der Waals surface area contributed by atoms with E-state index in [4.69, 9.17) is 0 Å². The summed E-state index contributed by atoms with van der Waals surface area (Å²) in [4.78, 5) is 22.2. The monoisotopic (exact) mass is 295 g/mol. The van der Waals surface area contributed by atoms with E-state index in [1.54, 1.807) is 19.1 Å². The summed E-state index contributed by atoms with van der Waals surface area (Å²) >= 11 is 1.21. The number of amides is 1. The van der Waals surface area contributed by atoms with Crippen LogP contribution >= 0.6 is 11.8 Å². The molecule has 0 radical (unpaired) electrons. The van der Waals surface area contributed by atoms with Gasteiger partial charge in [-0.05, 0) is 48.5 Å². The van der Waals surface area contributed by atoms with E-state index in [0.29, 0.717) is 6.41 Å². The molecule has 0 saturated heterocycles. The Morgan fingerprint density at radius 3 is 2.00 bits per heavy atom. The molecule has 21 heavy (non-hydrogen) atoms. The van der Waals surface area contributed by atoms with E-state index in [1.807, 2.05) is 36.4 Å². The Bertz CT molecular complexity index is 694. The van der Waals surface area contributed by atoms with Crippen molar-refractivity contribution in [1.82, 2.24) is 0 Å². The molecule has 0 spiro atoms. The third-order valence-electron chi connectivity index (χ3n) is 2.58.